The van der Waals surface area contributed by atoms with Crippen LogP contribution in [0.5, 0.6) is 0 Å². The van der Waals surface area contributed by atoms with Crippen molar-refractivity contribution in [3.05, 3.63) is 16.1 Å². The van der Waals surface area contributed by atoms with E-state index < -0.39 is 11.9 Å². The number of carbonyl (C=O) groups excluding carboxylic acids is 1. The minimum atomic E-state index is -0.846. The summed E-state index contributed by atoms with van der Waals surface area (Å²) in [5.41, 5.74) is 0.993. The molecule has 19 heavy (non-hydrogen) atoms. The molecule has 1 heterocycles. The number of hydrogen-bond donors (Lipinski definition) is 3. The van der Waals surface area contributed by atoms with E-state index in [0.717, 1.165) is 10.7 Å². The highest BCUT2D eigenvalue weighted by Gasteiger charge is 2.10. The number of carboxylic acids is 1. The van der Waals surface area contributed by atoms with Crippen LogP contribution >= 0.6 is 11.3 Å². The molecule has 0 saturated carbocycles. The van der Waals surface area contributed by atoms with Crippen molar-refractivity contribution in [3.63, 3.8) is 0 Å². The third kappa shape index (κ3) is 6.19. The molecule has 0 spiro atoms. The van der Waals surface area contributed by atoms with Gasteiger partial charge in [0.05, 0.1) is 10.9 Å². The summed E-state index contributed by atoms with van der Waals surface area (Å²) in [6.07, 6.45) is 1.13. The van der Waals surface area contributed by atoms with E-state index in [9.17, 15) is 9.59 Å². The number of rotatable bonds is 7. The standard InChI is InChI=1S/C12H19N3O3S/c1-8(11(16)17)3-5-13-12(18)14-6-4-10-15-9(2)7-19-10/h7-8H,3-6H2,1-2H3,(H,16,17)(H2,13,14,18). The van der Waals surface area contributed by atoms with Gasteiger partial charge in [-0.1, -0.05) is 6.92 Å². The smallest absolute Gasteiger partial charge is 0.314 e. The molecule has 0 saturated heterocycles. The van der Waals surface area contributed by atoms with Gasteiger partial charge in [0.25, 0.3) is 0 Å². The van der Waals surface area contributed by atoms with Gasteiger partial charge in [-0.15, -0.1) is 11.3 Å². The van der Waals surface area contributed by atoms with Crippen LogP contribution in [0.1, 0.15) is 24.0 Å². The van der Waals surface area contributed by atoms with E-state index in [2.05, 4.69) is 15.6 Å². The Bertz CT molecular complexity index is 434. The molecule has 0 aliphatic rings. The van der Waals surface area contributed by atoms with Crippen molar-refractivity contribution in [2.75, 3.05) is 13.1 Å². The van der Waals surface area contributed by atoms with Crippen molar-refractivity contribution in [1.82, 2.24) is 15.6 Å². The Balaban J connectivity index is 2.10. The maximum Gasteiger partial charge on any atom is 0.314 e. The van der Waals surface area contributed by atoms with Crippen LogP contribution in [0.4, 0.5) is 4.79 Å². The number of aromatic nitrogens is 1. The Labute approximate surface area is 116 Å². The number of aliphatic carboxylic acids is 1. The van der Waals surface area contributed by atoms with Crippen LogP contribution in [0.2, 0.25) is 0 Å². The number of carboxylic acid groups (broad SMARTS) is 1. The molecule has 7 heteroatoms. The van der Waals surface area contributed by atoms with Crippen LogP contribution in [-0.4, -0.2) is 35.2 Å². The fourth-order valence-corrected chi connectivity index (χ4v) is 2.16. The fraction of sp³-hybridized carbons (Fsp3) is 0.583. The molecule has 0 fully saturated rings. The highest BCUT2D eigenvalue weighted by atomic mass is 32.1. The Morgan fingerprint density at radius 1 is 1.42 bits per heavy atom. The first kappa shape index (κ1) is 15.4. The Morgan fingerprint density at radius 2 is 2.11 bits per heavy atom. The molecule has 0 radical (unpaired) electrons. The zero-order valence-corrected chi connectivity index (χ0v) is 11.9. The minimum Gasteiger partial charge on any atom is -0.481 e. The molecular weight excluding hydrogens is 266 g/mol. The number of thiazole rings is 1. The van der Waals surface area contributed by atoms with Gasteiger partial charge in [-0.05, 0) is 13.3 Å². The summed E-state index contributed by atoms with van der Waals surface area (Å²) in [5.74, 6) is -1.29. The second-order valence-corrected chi connectivity index (χ2v) is 5.29. The first-order valence-corrected chi connectivity index (χ1v) is 7.02. The molecule has 1 aromatic heterocycles. The first-order chi connectivity index (χ1) is 8.99. The van der Waals surface area contributed by atoms with E-state index in [-0.39, 0.29) is 6.03 Å². The predicted octanol–water partition coefficient (Wildman–Crippen LogP) is 1.40. The minimum absolute atomic E-state index is 0.272. The molecule has 106 valence electrons. The van der Waals surface area contributed by atoms with Crippen LogP contribution < -0.4 is 10.6 Å². The lowest BCUT2D eigenvalue weighted by Crippen LogP contribution is -2.37. The fourth-order valence-electron chi connectivity index (χ4n) is 1.39. The lowest BCUT2D eigenvalue weighted by Gasteiger charge is -2.08. The Morgan fingerprint density at radius 3 is 2.68 bits per heavy atom. The Kier molecular flexibility index (Phi) is 6.27. The normalized spacial score (nSPS) is 11.9. The van der Waals surface area contributed by atoms with Gasteiger partial charge in [0.1, 0.15) is 0 Å². The van der Waals surface area contributed by atoms with Crippen molar-refractivity contribution in [2.24, 2.45) is 5.92 Å². The van der Waals surface area contributed by atoms with Crippen molar-refractivity contribution in [2.45, 2.75) is 26.7 Å². The van der Waals surface area contributed by atoms with Gasteiger partial charge in [-0.25, -0.2) is 9.78 Å². The third-order valence-corrected chi connectivity index (χ3v) is 3.60. The van der Waals surface area contributed by atoms with Gasteiger partial charge >= 0.3 is 12.0 Å². The summed E-state index contributed by atoms with van der Waals surface area (Å²) in [6, 6.07) is -0.272. The lowest BCUT2D eigenvalue weighted by atomic mass is 10.1. The van der Waals surface area contributed by atoms with Crippen molar-refractivity contribution >= 4 is 23.3 Å². The highest BCUT2D eigenvalue weighted by molar-refractivity contribution is 7.09. The summed E-state index contributed by atoms with van der Waals surface area (Å²) < 4.78 is 0. The SMILES string of the molecule is Cc1csc(CCNC(=O)NCCC(C)C(=O)O)n1. The van der Waals surface area contributed by atoms with Gasteiger partial charge < -0.3 is 15.7 Å². The molecule has 6 nitrogen and oxygen atoms in total. The second kappa shape index (κ2) is 7.73. The van der Waals surface area contributed by atoms with E-state index in [1.165, 1.54) is 0 Å². The monoisotopic (exact) mass is 285 g/mol. The largest absolute Gasteiger partial charge is 0.481 e. The number of urea groups is 1. The summed E-state index contributed by atoms with van der Waals surface area (Å²) in [6.45, 7) is 4.43. The molecular formula is C12H19N3O3S. The van der Waals surface area contributed by atoms with E-state index in [1.807, 2.05) is 12.3 Å². The molecule has 0 aliphatic heterocycles. The summed E-state index contributed by atoms with van der Waals surface area (Å²) >= 11 is 1.58. The predicted molar refractivity (Wildman–Crippen MR) is 73.4 cm³/mol. The quantitative estimate of drug-likeness (QED) is 0.706. The van der Waals surface area contributed by atoms with Crippen LogP contribution in [0, 0.1) is 12.8 Å². The zero-order chi connectivity index (χ0) is 14.3. The summed E-state index contributed by atoms with van der Waals surface area (Å²) in [4.78, 5) is 26.3. The topological polar surface area (TPSA) is 91.3 Å². The van der Waals surface area contributed by atoms with Crippen LogP contribution in [0.15, 0.2) is 5.38 Å². The van der Waals surface area contributed by atoms with Crippen LogP contribution in [0.25, 0.3) is 0 Å². The van der Waals surface area contributed by atoms with Crippen molar-refractivity contribution in [1.29, 1.82) is 0 Å². The summed E-state index contributed by atoms with van der Waals surface area (Å²) in [5, 5.41) is 17.0. The number of amides is 2. The number of nitrogens with one attached hydrogen (secondary N) is 2. The zero-order valence-electron chi connectivity index (χ0n) is 11.1. The molecule has 3 N–H and O–H groups in total. The number of hydrogen-bond acceptors (Lipinski definition) is 4. The average Bonchev–Trinajstić information content (AvgIpc) is 2.74. The van der Waals surface area contributed by atoms with E-state index in [4.69, 9.17) is 5.11 Å². The molecule has 1 aromatic rings. The van der Waals surface area contributed by atoms with Gasteiger partial charge in [-0.2, -0.15) is 0 Å². The average molecular weight is 285 g/mol. The molecule has 1 rings (SSSR count). The van der Waals surface area contributed by atoms with Gasteiger partial charge in [0, 0.05) is 30.6 Å². The van der Waals surface area contributed by atoms with E-state index in [0.29, 0.717) is 25.9 Å². The first-order valence-electron chi connectivity index (χ1n) is 6.14. The van der Waals surface area contributed by atoms with Gasteiger partial charge in [-0.3, -0.25) is 4.79 Å². The highest BCUT2D eigenvalue weighted by Crippen LogP contribution is 2.08. The molecule has 0 aromatic carbocycles. The number of nitrogens with zero attached hydrogens (tertiary/aromatic N) is 1. The second-order valence-electron chi connectivity index (χ2n) is 4.34. The van der Waals surface area contributed by atoms with Crippen molar-refractivity contribution < 1.29 is 14.7 Å². The van der Waals surface area contributed by atoms with E-state index in [1.54, 1.807) is 18.3 Å². The van der Waals surface area contributed by atoms with Gasteiger partial charge in [0.15, 0.2) is 0 Å². The van der Waals surface area contributed by atoms with Crippen molar-refractivity contribution in [3.8, 4) is 0 Å². The molecule has 0 aliphatic carbocycles. The molecule has 0 bridgehead atoms. The molecule has 1 unspecified atom stereocenters. The van der Waals surface area contributed by atoms with Gasteiger partial charge in [0.2, 0.25) is 0 Å². The maximum absolute atomic E-state index is 11.4. The number of carbonyl (C=O) groups is 2. The summed E-state index contributed by atoms with van der Waals surface area (Å²) in [7, 11) is 0. The third-order valence-electron chi connectivity index (χ3n) is 2.58. The van der Waals surface area contributed by atoms with Crippen LogP contribution in [-0.2, 0) is 11.2 Å². The lowest BCUT2D eigenvalue weighted by molar-refractivity contribution is -0.141. The Hall–Kier alpha value is -1.63. The maximum atomic E-state index is 11.4. The number of aryl methyl sites for hydroxylation is 1. The molecule has 1 atom stereocenters. The van der Waals surface area contributed by atoms with Crippen LogP contribution in [0.3, 0.4) is 0 Å². The molecule has 2 amide bonds. The van der Waals surface area contributed by atoms with E-state index >= 15 is 0 Å².